The van der Waals surface area contributed by atoms with E-state index in [1.165, 1.54) is 11.3 Å². The molecule has 0 aliphatic carbocycles. The Morgan fingerprint density at radius 1 is 1.60 bits per heavy atom. The minimum atomic E-state index is -0.341. The van der Waals surface area contributed by atoms with Gasteiger partial charge in [-0.25, -0.2) is 0 Å². The van der Waals surface area contributed by atoms with Crippen LogP contribution < -0.4 is 11.1 Å². The molecular formula is C11H18N2OS. The summed E-state index contributed by atoms with van der Waals surface area (Å²) in [5.74, 6) is -0.0164. The third-order valence-electron chi connectivity index (χ3n) is 2.30. The molecular weight excluding hydrogens is 208 g/mol. The second-order valence-corrected chi connectivity index (χ2v) is 5.09. The predicted octanol–water partition coefficient (Wildman–Crippen LogP) is 1.78. The molecule has 3 N–H and O–H groups in total. The highest BCUT2D eigenvalue weighted by Crippen LogP contribution is 2.18. The van der Waals surface area contributed by atoms with Crippen molar-refractivity contribution in [3.63, 3.8) is 0 Å². The van der Waals surface area contributed by atoms with Crippen molar-refractivity contribution in [1.82, 2.24) is 5.32 Å². The smallest absolute Gasteiger partial charge is 0.262 e. The zero-order valence-electron chi connectivity index (χ0n) is 9.46. The maximum atomic E-state index is 11.9. The van der Waals surface area contributed by atoms with E-state index in [4.69, 9.17) is 5.73 Å². The Balaban J connectivity index is 2.78. The standard InChI is InChI=1S/C11H18N2OS/c1-4-8-5-6-15-9(8)10(14)13-11(2,3)7-12/h5-6H,4,7,12H2,1-3H3,(H,13,14). The van der Waals surface area contributed by atoms with Gasteiger partial charge in [0.1, 0.15) is 0 Å². The molecule has 1 amide bonds. The Morgan fingerprint density at radius 3 is 2.80 bits per heavy atom. The minimum Gasteiger partial charge on any atom is -0.345 e. The van der Waals surface area contributed by atoms with E-state index in [0.29, 0.717) is 6.54 Å². The molecule has 0 saturated carbocycles. The molecule has 1 heterocycles. The quantitative estimate of drug-likeness (QED) is 0.822. The third-order valence-corrected chi connectivity index (χ3v) is 3.25. The summed E-state index contributed by atoms with van der Waals surface area (Å²) in [5.41, 5.74) is 6.33. The van der Waals surface area contributed by atoms with E-state index in [1.54, 1.807) is 0 Å². The molecule has 0 atom stereocenters. The van der Waals surface area contributed by atoms with Crippen LogP contribution in [0.3, 0.4) is 0 Å². The van der Waals surface area contributed by atoms with E-state index in [9.17, 15) is 4.79 Å². The molecule has 0 spiro atoms. The first-order valence-electron chi connectivity index (χ1n) is 5.09. The Hall–Kier alpha value is -0.870. The molecule has 0 radical (unpaired) electrons. The van der Waals surface area contributed by atoms with E-state index in [2.05, 4.69) is 5.32 Å². The normalized spacial score (nSPS) is 11.5. The first-order valence-corrected chi connectivity index (χ1v) is 5.97. The van der Waals surface area contributed by atoms with Crippen molar-refractivity contribution >= 4 is 17.2 Å². The fourth-order valence-electron chi connectivity index (χ4n) is 1.23. The number of amides is 1. The molecule has 3 nitrogen and oxygen atoms in total. The Morgan fingerprint density at radius 2 is 2.27 bits per heavy atom. The van der Waals surface area contributed by atoms with Gasteiger partial charge in [-0.2, -0.15) is 0 Å². The van der Waals surface area contributed by atoms with Crippen molar-refractivity contribution in [3.05, 3.63) is 21.9 Å². The number of rotatable bonds is 4. The van der Waals surface area contributed by atoms with Gasteiger partial charge in [-0.15, -0.1) is 11.3 Å². The van der Waals surface area contributed by atoms with Crippen molar-refractivity contribution in [2.75, 3.05) is 6.54 Å². The summed E-state index contributed by atoms with van der Waals surface area (Å²) in [5, 5.41) is 4.88. The van der Waals surface area contributed by atoms with Gasteiger partial charge in [0.15, 0.2) is 0 Å². The van der Waals surface area contributed by atoms with Crippen LogP contribution in [0.2, 0.25) is 0 Å². The van der Waals surface area contributed by atoms with E-state index in [1.807, 2.05) is 32.2 Å². The summed E-state index contributed by atoms with van der Waals surface area (Å²) in [7, 11) is 0. The third kappa shape index (κ3) is 3.04. The van der Waals surface area contributed by atoms with Gasteiger partial charge in [0, 0.05) is 12.1 Å². The Bertz CT molecular complexity index is 344. The lowest BCUT2D eigenvalue weighted by Gasteiger charge is -2.24. The number of nitrogens with one attached hydrogen (secondary N) is 1. The van der Waals surface area contributed by atoms with Crippen LogP contribution in [0.4, 0.5) is 0 Å². The van der Waals surface area contributed by atoms with Crippen molar-refractivity contribution < 1.29 is 4.79 Å². The summed E-state index contributed by atoms with van der Waals surface area (Å²) in [6.45, 7) is 6.33. The lowest BCUT2D eigenvalue weighted by Crippen LogP contribution is -2.48. The maximum absolute atomic E-state index is 11.9. The predicted molar refractivity (Wildman–Crippen MR) is 64.3 cm³/mol. The minimum absolute atomic E-state index is 0.0164. The highest BCUT2D eigenvalue weighted by Gasteiger charge is 2.21. The van der Waals surface area contributed by atoms with Gasteiger partial charge in [0.05, 0.1) is 4.88 Å². The number of aryl methyl sites for hydroxylation is 1. The first kappa shape index (κ1) is 12.2. The fourth-order valence-corrected chi connectivity index (χ4v) is 2.12. The molecule has 15 heavy (non-hydrogen) atoms. The molecule has 1 aromatic heterocycles. The summed E-state index contributed by atoms with van der Waals surface area (Å²) >= 11 is 1.48. The molecule has 0 bridgehead atoms. The number of hydrogen-bond acceptors (Lipinski definition) is 3. The van der Waals surface area contributed by atoms with Crippen molar-refractivity contribution in [3.8, 4) is 0 Å². The van der Waals surface area contributed by atoms with Gasteiger partial charge >= 0.3 is 0 Å². The van der Waals surface area contributed by atoms with Gasteiger partial charge in [0.25, 0.3) is 5.91 Å². The molecule has 0 aliphatic rings. The molecule has 1 aromatic rings. The lowest BCUT2D eigenvalue weighted by molar-refractivity contribution is 0.0919. The fraction of sp³-hybridized carbons (Fsp3) is 0.545. The van der Waals surface area contributed by atoms with Crippen LogP contribution in [-0.2, 0) is 6.42 Å². The summed E-state index contributed by atoms with van der Waals surface area (Å²) in [6, 6.07) is 2.00. The summed E-state index contributed by atoms with van der Waals surface area (Å²) in [6.07, 6.45) is 0.884. The van der Waals surface area contributed by atoms with E-state index < -0.39 is 0 Å². The molecule has 0 aromatic carbocycles. The number of hydrogen-bond donors (Lipinski definition) is 2. The highest BCUT2D eigenvalue weighted by atomic mass is 32.1. The first-order chi connectivity index (χ1) is 7.00. The number of carbonyl (C=O) groups excluding carboxylic acids is 1. The van der Waals surface area contributed by atoms with Crippen LogP contribution in [0, 0.1) is 0 Å². The van der Waals surface area contributed by atoms with E-state index in [-0.39, 0.29) is 11.4 Å². The average molecular weight is 226 g/mol. The lowest BCUT2D eigenvalue weighted by atomic mass is 10.1. The molecule has 84 valence electrons. The molecule has 0 saturated heterocycles. The second kappa shape index (κ2) is 4.77. The highest BCUT2D eigenvalue weighted by molar-refractivity contribution is 7.12. The topological polar surface area (TPSA) is 55.1 Å². The van der Waals surface area contributed by atoms with Crippen LogP contribution in [-0.4, -0.2) is 18.0 Å². The van der Waals surface area contributed by atoms with Crippen LogP contribution in [0.1, 0.15) is 36.0 Å². The molecule has 4 heteroatoms. The van der Waals surface area contributed by atoms with Gasteiger partial charge in [-0.05, 0) is 37.3 Å². The monoisotopic (exact) mass is 226 g/mol. The molecule has 0 fully saturated rings. The Kier molecular flexibility index (Phi) is 3.88. The van der Waals surface area contributed by atoms with Crippen LogP contribution in [0.15, 0.2) is 11.4 Å². The van der Waals surface area contributed by atoms with Crippen LogP contribution in [0.5, 0.6) is 0 Å². The van der Waals surface area contributed by atoms with E-state index >= 15 is 0 Å². The molecule has 0 aliphatic heterocycles. The second-order valence-electron chi connectivity index (χ2n) is 4.17. The summed E-state index contributed by atoms with van der Waals surface area (Å²) in [4.78, 5) is 12.7. The molecule has 0 unspecified atom stereocenters. The average Bonchev–Trinajstić information content (AvgIpc) is 2.64. The van der Waals surface area contributed by atoms with Crippen LogP contribution in [0.25, 0.3) is 0 Å². The van der Waals surface area contributed by atoms with Crippen molar-refractivity contribution in [1.29, 1.82) is 0 Å². The van der Waals surface area contributed by atoms with Gasteiger partial charge in [-0.1, -0.05) is 6.92 Å². The maximum Gasteiger partial charge on any atom is 0.262 e. The number of nitrogens with two attached hydrogens (primary N) is 1. The zero-order valence-corrected chi connectivity index (χ0v) is 10.3. The SMILES string of the molecule is CCc1ccsc1C(=O)NC(C)(C)CN. The number of thiophene rings is 1. The number of carbonyl (C=O) groups is 1. The van der Waals surface area contributed by atoms with Gasteiger partial charge in [-0.3, -0.25) is 4.79 Å². The van der Waals surface area contributed by atoms with Gasteiger partial charge in [0.2, 0.25) is 0 Å². The Labute approximate surface area is 94.7 Å². The van der Waals surface area contributed by atoms with Crippen molar-refractivity contribution in [2.24, 2.45) is 5.73 Å². The van der Waals surface area contributed by atoms with Crippen LogP contribution >= 0.6 is 11.3 Å². The van der Waals surface area contributed by atoms with Gasteiger partial charge < -0.3 is 11.1 Å². The zero-order chi connectivity index (χ0) is 11.5. The molecule has 1 rings (SSSR count). The van der Waals surface area contributed by atoms with Crippen molar-refractivity contribution in [2.45, 2.75) is 32.7 Å². The van der Waals surface area contributed by atoms with E-state index in [0.717, 1.165) is 16.9 Å². The summed E-state index contributed by atoms with van der Waals surface area (Å²) < 4.78 is 0. The largest absolute Gasteiger partial charge is 0.345 e.